The van der Waals surface area contributed by atoms with Gasteiger partial charge in [-0.15, -0.1) is 0 Å². The molecule has 132 valence electrons. The maximum Gasteiger partial charge on any atom is 0.326 e. The number of ether oxygens (including phenoxy) is 2. The smallest absolute Gasteiger partial charge is 0.326 e. The van der Waals surface area contributed by atoms with Crippen molar-refractivity contribution in [3.05, 3.63) is 60.7 Å². The lowest BCUT2D eigenvalue weighted by molar-refractivity contribution is 0.0340. The summed E-state index contributed by atoms with van der Waals surface area (Å²) < 4.78 is 11.1. The first-order chi connectivity index (χ1) is 12.2. The standard InChI is InChI=1S/C20H24N2O3/c1-16(14-25-19-12-13-24-15-19)21-20(23)22(17-8-4-2-5-9-17)18-10-6-3-7-11-18/h2-11,16,19H,12-15H2,1H3,(H,21,23)/t16-,19-/m1/s1. The molecule has 0 saturated carbocycles. The Morgan fingerprint density at radius 3 is 2.28 bits per heavy atom. The van der Waals surface area contributed by atoms with E-state index in [0.29, 0.717) is 13.2 Å². The predicted molar refractivity (Wildman–Crippen MR) is 98.2 cm³/mol. The van der Waals surface area contributed by atoms with Gasteiger partial charge in [0.05, 0.1) is 36.7 Å². The highest BCUT2D eigenvalue weighted by atomic mass is 16.5. The minimum atomic E-state index is -0.170. The summed E-state index contributed by atoms with van der Waals surface area (Å²) in [4.78, 5) is 14.6. The van der Waals surface area contributed by atoms with Crippen molar-refractivity contribution in [3.63, 3.8) is 0 Å². The third-order valence-electron chi connectivity index (χ3n) is 4.07. The van der Waals surface area contributed by atoms with Gasteiger partial charge in [0.15, 0.2) is 0 Å². The summed E-state index contributed by atoms with van der Waals surface area (Å²) in [7, 11) is 0. The fourth-order valence-electron chi connectivity index (χ4n) is 2.78. The molecule has 1 aliphatic heterocycles. The van der Waals surface area contributed by atoms with Crippen LogP contribution in [0.2, 0.25) is 0 Å². The van der Waals surface area contributed by atoms with Crippen molar-refractivity contribution in [3.8, 4) is 0 Å². The first kappa shape index (κ1) is 17.5. The molecule has 2 amide bonds. The normalized spacial score (nSPS) is 17.9. The molecule has 1 saturated heterocycles. The Hall–Kier alpha value is -2.37. The summed E-state index contributed by atoms with van der Waals surface area (Å²) in [5, 5.41) is 3.02. The summed E-state index contributed by atoms with van der Waals surface area (Å²) in [6.07, 6.45) is 1.06. The van der Waals surface area contributed by atoms with Crippen molar-refractivity contribution >= 4 is 17.4 Å². The zero-order valence-corrected chi connectivity index (χ0v) is 14.4. The molecule has 5 heteroatoms. The lowest BCUT2D eigenvalue weighted by atomic mass is 10.2. The van der Waals surface area contributed by atoms with Crippen LogP contribution in [0.15, 0.2) is 60.7 Å². The van der Waals surface area contributed by atoms with E-state index in [1.54, 1.807) is 4.90 Å². The van der Waals surface area contributed by atoms with Gasteiger partial charge >= 0.3 is 6.03 Å². The molecule has 0 bridgehead atoms. The molecule has 0 aromatic heterocycles. The van der Waals surface area contributed by atoms with E-state index in [-0.39, 0.29) is 18.2 Å². The maximum absolute atomic E-state index is 12.9. The Morgan fingerprint density at radius 1 is 1.16 bits per heavy atom. The summed E-state index contributed by atoms with van der Waals surface area (Å²) in [6, 6.07) is 19.0. The first-order valence-electron chi connectivity index (χ1n) is 8.64. The van der Waals surface area contributed by atoms with Crippen molar-refractivity contribution in [2.24, 2.45) is 0 Å². The molecule has 1 N–H and O–H groups in total. The van der Waals surface area contributed by atoms with Crippen LogP contribution in [0.25, 0.3) is 0 Å². The Morgan fingerprint density at radius 2 is 1.76 bits per heavy atom. The van der Waals surface area contributed by atoms with E-state index >= 15 is 0 Å². The van der Waals surface area contributed by atoms with E-state index in [2.05, 4.69) is 5.32 Å². The number of nitrogens with one attached hydrogen (secondary N) is 1. The van der Waals surface area contributed by atoms with Gasteiger partial charge in [-0.3, -0.25) is 4.90 Å². The molecular weight excluding hydrogens is 316 g/mol. The van der Waals surface area contributed by atoms with E-state index in [1.165, 1.54) is 0 Å². The molecule has 5 nitrogen and oxygen atoms in total. The highest BCUT2D eigenvalue weighted by Crippen LogP contribution is 2.25. The zero-order chi connectivity index (χ0) is 17.5. The van der Waals surface area contributed by atoms with Crippen molar-refractivity contribution in [2.45, 2.75) is 25.5 Å². The lowest BCUT2D eigenvalue weighted by Crippen LogP contribution is -2.44. The molecule has 1 fully saturated rings. The van der Waals surface area contributed by atoms with Crippen LogP contribution in [0.1, 0.15) is 13.3 Å². The highest BCUT2D eigenvalue weighted by Gasteiger charge is 2.21. The monoisotopic (exact) mass is 340 g/mol. The number of rotatable bonds is 6. The van der Waals surface area contributed by atoms with E-state index < -0.39 is 0 Å². The Kier molecular flexibility index (Phi) is 6.04. The van der Waals surface area contributed by atoms with Gasteiger partial charge in [0.25, 0.3) is 0 Å². The molecular formula is C20H24N2O3. The summed E-state index contributed by atoms with van der Waals surface area (Å²) in [6.45, 7) is 3.81. The number of hydrogen-bond donors (Lipinski definition) is 1. The maximum atomic E-state index is 12.9. The topological polar surface area (TPSA) is 50.8 Å². The molecule has 2 atom stereocenters. The SMILES string of the molecule is C[C@H](CO[C@@H]1CCOC1)NC(=O)N(c1ccccc1)c1ccccc1. The molecule has 1 aliphatic rings. The van der Waals surface area contributed by atoms with E-state index in [9.17, 15) is 4.79 Å². The van der Waals surface area contributed by atoms with Crippen molar-refractivity contribution in [2.75, 3.05) is 24.7 Å². The summed E-state index contributed by atoms with van der Waals surface area (Å²) >= 11 is 0. The number of benzene rings is 2. The molecule has 0 spiro atoms. The Bertz CT molecular complexity index is 618. The van der Waals surface area contributed by atoms with Crippen LogP contribution in [-0.2, 0) is 9.47 Å². The highest BCUT2D eigenvalue weighted by molar-refractivity contribution is 5.99. The number of para-hydroxylation sites is 2. The predicted octanol–water partition coefficient (Wildman–Crippen LogP) is 3.73. The number of anilines is 2. The van der Waals surface area contributed by atoms with Crippen molar-refractivity contribution in [1.29, 1.82) is 0 Å². The summed E-state index contributed by atoms with van der Waals surface area (Å²) in [5.41, 5.74) is 1.65. The number of amides is 2. The second-order valence-electron chi connectivity index (χ2n) is 6.18. The number of carbonyl (C=O) groups excluding carboxylic acids is 1. The van der Waals surface area contributed by atoms with Crippen LogP contribution < -0.4 is 10.2 Å². The van der Waals surface area contributed by atoms with Gasteiger partial charge in [-0.05, 0) is 37.6 Å². The van der Waals surface area contributed by atoms with Gasteiger partial charge in [-0.1, -0.05) is 36.4 Å². The van der Waals surface area contributed by atoms with E-state index in [4.69, 9.17) is 9.47 Å². The third-order valence-corrected chi connectivity index (χ3v) is 4.07. The molecule has 0 radical (unpaired) electrons. The fourth-order valence-corrected chi connectivity index (χ4v) is 2.78. The Labute approximate surface area is 148 Å². The average molecular weight is 340 g/mol. The summed E-state index contributed by atoms with van der Waals surface area (Å²) in [5.74, 6) is 0. The molecule has 1 heterocycles. The van der Waals surface area contributed by atoms with E-state index in [1.807, 2.05) is 67.6 Å². The van der Waals surface area contributed by atoms with Gasteiger partial charge < -0.3 is 14.8 Å². The van der Waals surface area contributed by atoms with Gasteiger partial charge in [0.1, 0.15) is 0 Å². The van der Waals surface area contributed by atoms with Crippen LogP contribution in [-0.4, -0.2) is 38.0 Å². The van der Waals surface area contributed by atoms with Crippen LogP contribution in [0.4, 0.5) is 16.2 Å². The lowest BCUT2D eigenvalue weighted by Gasteiger charge is -2.26. The quantitative estimate of drug-likeness (QED) is 0.872. The van der Waals surface area contributed by atoms with Gasteiger partial charge in [-0.2, -0.15) is 0 Å². The fraction of sp³-hybridized carbons (Fsp3) is 0.350. The third kappa shape index (κ3) is 4.81. The van der Waals surface area contributed by atoms with Gasteiger partial charge in [0, 0.05) is 6.61 Å². The molecule has 2 aromatic carbocycles. The molecule has 2 aromatic rings. The number of carbonyl (C=O) groups is 1. The second-order valence-corrected chi connectivity index (χ2v) is 6.18. The second kappa shape index (κ2) is 8.65. The molecule has 25 heavy (non-hydrogen) atoms. The minimum absolute atomic E-state index is 0.0944. The number of urea groups is 1. The zero-order valence-electron chi connectivity index (χ0n) is 14.4. The largest absolute Gasteiger partial charge is 0.379 e. The van der Waals surface area contributed by atoms with Crippen LogP contribution in [0, 0.1) is 0 Å². The van der Waals surface area contributed by atoms with Crippen LogP contribution in [0.5, 0.6) is 0 Å². The Balaban J connectivity index is 1.66. The molecule has 0 unspecified atom stereocenters. The van der Waals surface area contributed by atoms with Crippen LogP contribution >= 0.6 is 0 Å². The molecule has 3 rings (SSSR count). The van der Waals surface area contributed by atoms with Gasteiger partial charge in [-0.25, -0.2) is 4.79 Å². The minimum Gasteiger partial charge on any atom is -0.379 e. The number of hydrogen-bond acceptors (Lipinski definition) is 3. The van der Waals surface area contributed by atoms with Crippen molar-refractivity contribution in [1.82, 2.24) is 5.32 Å². The van der Waals surface area contributed by atoms with Gasteiger partial charge in [0.2, 0.25) is 0 Å². The van der Waals surface area contributed by atoms with Crippen molar-refractivity contribution < 1.29 is 14.3 Å². The van der Waals surface area contributed by atoms with Crippen LogP contribution in [0.3, 0.4) is 0 Å². The average Bonchev–Trinajstić information content (AvgIpc) is 3.16. The first-order valence-corrected chi connectivity index (χ1v) is 8.64. The van der Waals surface area contributed by atoms with E-state index in [0.717, 1.165) is 24.4 Å². The number of nitrogens with zero attached hydrogens (tertiary/aromatic N) is 1. The molecule has 0 aliphatic carbocycles.